The molecule has 0 aliphatic rings. The van der Waals surface area contributed by atoms with E-state index in [1.165, 1.54) is 11.3 Å². The first kappa shape index (κ1) is 14.5. The second-order valence-corrected chi connectivity index (χ2v) is 7.92. The molecule has 0 saturated carbocycles. The molecule has 0 aliphatic carbocycles. The molecule has 21 heavy (non-hydrogen) atoms. The van der Waals surface area contributed by atoms with Crippen LogP contribution in [-0.4, -0.2) is 10.9 Å². The third-order valence-electron chi connectivity index (χ3n) is 2.76. The highest BCUT2D eigenvalue weighted by molar-refractivity contribution is 14.1. The zero-order valence-electron chi connectivity index (χ0n) is 10.7. The van der Waals surface area contributed by atoms with E-state index >= 15 is 0 Å². The Morgan fingerprint density at radius 1 is 1.19 bits per heavy atom. The lowest BCUT2D eigenvalue weighted by molar-refractivity contribution is 0.102. The van der Waals surface area contributed by atoms with Gasteiger partial charge in [0.1, 0.15) is 0 Å². The molecule has 0 bridgehead atoms. The number of hydrogen-bond donors (Lipinski definition) is 2. The van der Waals surface area contributed by atoms with Crippen LogP contribution in [0.15, 0.2) is 41.1 Å². The third-order valence-corrected chi connectivity index (χ3v) is 5.31. The second-order valence-electron chi connectivity index (χ2n) is 4.25. The summed E-state index contributed by atoms with van der Waals surface area (Å²) in [6, 6.07) is 9.35. The van der Waals surface area contributed by atoms with Crippen molar-refractivity contribution >= 4 is 62.0 Å². The van der Waals surface area contributed by atoms with Gasteiger partial charge in [-0.3, -0.25) is 10.1 Å². The number of hydrogen-bond acceptors (Lipinski definition) is 5. The molecule has 0 aliphatic heterocycles. The highest BCUT2D eigenvalue weighted by Crippen LogP contribution is 2.26. The van der Waals surface area contributed by atoms with Gasteiger partial charge in [-0.05, 0) is 40.8 Å². The third kappa shape index (κ3) is 3.42. The number of thiophene rings is 1. The fourth-order valence-corrected chi connectivity index (χ4v) is 3.76. The van der Waals surface area contributed by atoms with Crippen LogP contribution in [0.2, 0.25) is 0 Å². The van der Waals surface area contributed by atoms with E-state index in [1.54, 1.807) is 11.3 Å². The van der Waals surface area contributed by atoms with E-state index in [0.717, 1.165) is 19.8 Å². The molecule has 0 radical (unpaired) electrons. The van der Waals surface area contributed by atoms with Crippen molar-refractivity contribution in [2.45, 2.75) is 0 Å². The van der Waals surface area contributed by atoms with Crippen LogP contribution in [0.25, 0.3) is 11.3 Å². The standard InChI is InChI=1S/C14H10IN3OS2/c15-12-5-9(6-20-12)13(19)18-14-17-11(7-21-14)8-1-3-10(16)4-2-8/h1-7H,16H2,(H,17,18,19). The summed E-state index contributed by atoms with van der Waals surface area (Å²) >= 11 is 5.14. The van der Waals surface area contributed by atoms with E-state index in [9.17, 15) is 4.79 Å². The Bertz CT molecular complexity index is 780. The lowest BCUT2D eigenvalue weighted by Crippen LogP contribution is -2.10. The predicted molar refractivity (Wildman–Crippen MR) is 97.0 cm³/mol. The van der Waals surface area contributed by atoms with Gasteiger partial charge in [0.15, 0.2) is 5.13 Å². The number of carbonyl (C=O) groups excluding carboxylic acids is 1. The van der Waals surface area contributed by atoms with E-state index in [4.69, 9.17) is 5.73 Å². The van der Waals surface area contributed by atoms with Crippen LogP contribution in [0, 0.1) is 2.88 Å². The molecule has 1 amide bonds. The van der Waals surface area contributed by atoms with Gasteiger partial charge < -0.3 is 5.73 Å². The number of halogens is 1. The van der Waals surface area contributed by atoms with E-state index in [2.05, 4.69) is 32.9 Å². The molecule has 2 aromatic heterocycles. The Hall–Kier alpha value is -1.45. The van der Waals surface area contributed by atoms with Crippen LogP contribution in [0.1, 0.15) is 10.4 Å². The SMILES string of the molecule is Nc1ccc(-c2csc(NC(=O)c3csc(I)c3)n2)cc1. The zero-order chi connectivity index (χ0) is 14.8. The van der Waals surface area contributed by atoms with Crippen LogP contribution in [0.3, 0.4) is 0 Å². The Morgan fingerprint density at radius 2 is 1.95 bits per heavy atom. The van der Waals surface area contributed by atoms with Crippen molar-refractivity contribution in [3.8, 4) is 11.3 Å². The summed E-state index contributed by atoms with van der Waals surface area (Å²) in [5.74, 6) is -0.132. The summed E-state index contributed by atoms with van der Waals surface area (Å²) in [7, 11) is 0. The van der Waals surface area contributed by atoms with E-state index in [1.807, 2.05) is 41.1 Å². The van der Waals surface area contributed by atoms with Crippen molar-refractivity contribution in [3.05, 3.63) is 49.5 Å². The number of amides is 1. The number of benzene rings is 1. The molecule has 1 aromatic carbocycles. The average molecular weight is 427 g/mol. The van der Waals surface area contributed by atoms with E-state index < -0.39 is 0 Å². The minimum Gasteiger partial charge on any atom is -0.399 e. The highest BCUT2D eigenvalue weighted by Gasteiger charge is 2.11. The molecule has 106 valence electrons. The van der Waals surface area contributed by atoms with Gasteiger partial charge >= 0.3 is 0 Å². The van der Waals surface area contributed by atoms with Crippen molar-refractivity contribution in [1.29, 1.82) is 0 Å². The fourth-order valence-electron chi connectivity index (χ4n) is 1.72. The molecule has 3 aromatic rings. The summed E-state index contributed by atoms with van der Waals surface area (Å²) in [4.78, 5) is 16.5. The second kappa shape index (κ2) is 6.12. The molecule has 0 saturated heterocycles. The van der Waals surface area contributed by atoms with Crippen molar-refractivity contribution in [1.82, 2.24) is 4.98 Å². The number of nitrogen functional groups attached to an aromatic ring is 1. The van der Waals surface area contributed by atoms with E-state index in [-0.39, 0.29) is 5.91 Å². The quantitative estimate of drug-likeness (QED) is 0.484. The first-order valence-corrected chi connectivity index (χ1v) is 8.82. The van der Waals surface area contributed by atoms with Gasteiger partial charge in [0.05, 0.1) is 14.1 Å². The van der Waals surface area contributed by atoms with Gasteiger partial charge in [-0.1, -0.05) is 12.1 Å². The molecular formula is C14H10IN3OS2. The van der Waals surface area contributed by atoms with Gasteiger partial charge in [-0.2, -0.15) is 0 Å². The Balaban J connectivity index is 1.76. The number of nitrogens with two attached hydrogens (primary N) is 1. The summed E-state index contributed by atoms with van der Waals surface area (Å²) in [5.41, 5.74) is 8.85. The molecule has 0 unspecified atom stereocenters. The predicted octanol–water partition coefficient (Wildman–Crippen LogP) is 4.31. The van der Waals surface area contributed by atoms with Gasteiger partial charge in [0, 0.05) is 22.0 Å². The number of carbonyl (C=O) groups is 1. The number of rotatable bonds is 3. The van der Waals surface area contributed by atoms with Crippen LogP contribution in [-0.2, 0) is 0 Å². The number of nitrogens with one attached hydrogen (secondary N) is 1. The smallest absolute Gasteiger partial charge is 0.258 e. The molecule has 7 heteroatoms. The molecule has 0 spiro atoms. The lowest BCUT2D eigenvalue weighted by atomic mass is 10.1. The Kier molecular flexibility index (Phi) is 4.22. The topological polar surface area (TPSA) is 68.0 Å². The van der Waals surface area contributed by atoms with Crippen LogP contribution < -0.4 is 11.1 Å². The largest absolute Gasteiger partial charge is 0.399 e. The normalized spacial score (nSPS) is 10.5. The minimum atomic E-state index is -0.132. The molecule has 2 heterocycles. The molecule has 4 nitrogen and oxygen atoms in total. The monoisotopic (exact) mass is 427 g/mol. The molecule has 0 fully saturated rings. The molecular weight excluding hydrogens is 417 g/mol. The molecule has 0 atom stereocenters. The van der Waals surface area contributed by atoms with Crippen molar-refractivity contribution in [3.63, 3.8) is 0 Å². The Morgan fingerprint density at radius 3 is 2.62 bits per heavy atom. The maximum absolute atomic E-state index is 12.1. The van der Waals surface area contributed by atoms with Crippen LogP contribution >= 0.6 is 45.3 Å². The number of thiazole rings is 1. The lowest BCUT2D eigenvalue weighted by Gasteiger charge is -1.99. The maximum Gasteiger partial charge on any atom is 0.258 e. The maximum atomic E-state index is 12.1. The average Bonchev–Trinajstić information content (AvgIpc) is 3.09. The number of anilines is 2. The first-order chi connectivity index (χ1) is 10.1. The summed E-state index contributed by atoms with van der Waals surface area (Å²) in [6.45, 7) is 0. The van der Waals surface area contributed by atoms with Crippen LogP contribution in [0.4, 0.5) is 10.8 Å². The van der Waals surface area contributed by atoms with Crippen LogP contribution in [0.5, 0.6) is 0 Å². The van der Waals surface area contributed by atoms with Gasteiger partial charge in [-0.25, -0.2) is 4.98 Å². The summed E-state index contributed by atoms with van der Waals surface area (Å²) in [6.07, 6.45) is 0. The minimum absolute atomic E-state index is 0.132. The fraction of sp³-hybridized carbons (Fsp3) is 0. The number of nitrogens with zero attached hydrogens (tertiary/aromatic N) is 1. The number of aromatic nitrogens is 1. The van der Waals surface area contributed by atoms with Gasteiger partial charge in [0.25, 0.3) is 5.91 Å². The summed E-state index contributed by atoms with van der Waals surface area (Å²) < 4.78 is 1.08. The van der Waals surface area contributed by atoms with Crippen molar-refractivity contribution in [2.24, 2.45) is 0 Å². The van der Waals surface area contributed by atoms with Crippen molar-refractivity contribution < 1.29 is 4.79 Å². The van der Waals surface area contributed by atoms with Gasteiger partial charge in [-0.15, -0.1) is 22.7 Å². The van der Waals surface area contributed by atoms with Gasteiger partial charge in [0.2, 0.25) is 0 Å². The highest BCUT2D eigenvalue weighted by atomic mass is 127. The molecule has 3 N–H and O–H groups in total. The van der Waals surface area contributed by atoms with E-state index in [0.29, 0.717) is 10.7 Å². The Labute approximate surface area is 143 Å². The zero-order valence-corrected chi connectivity index (χ0v) is 14.5. The first-order valence-electron chi connectivity index (χ1n) is 5.98. The van der Waals surface area contributed by atoms with Crippen molar-refractivity contribution in [2.75, 3.05) is 11.1 Å². The molecule has 3 rings (SSSR count). The summed E-state index contributed by atoms with van der Waals surface area (Å²) in [5, 5.41) is 7.17.